The van der Waals surface area contributed by atoms with E-state index in [1.54, 1.807) is 7.11 Å². The van der Waals surface area contributed by atoms with Crippen LogP contribution in [0.4, 0.5) is 17.5 Å². The SMILES string of the molecule is CCCNc1nc(C)cc(Nc2ccc(OC)c(C)c2)n1. The summed E-state index contributed by atoms with van der Waals surface area (Å²) < 4.78 is 5.27. The average molecular weight is 286 g/mol. The average Bonchev–Trinajstić information content (AvgIpc) is 2.45. The lowest BCUT2D eigenvalue weighted by Crippen LogP contribution is -2.06. The van der Waals surface area contributed by atoms with Crippen LogP contribution in [0.5, 0.6) is 5.75 Å². The lowest BCUT2D eigenvalue weighted by atomic mass is 10.2. The summed E-state index contributed by atoms with van der Waals surface area (Å²) in [6.45, 7) is 6.96. The van der Waals surface area contributed by atoms with Crippen molar-refractivity contribution in [1.82, 2.24) is 9.97 Å². The minimum Gasteiger partial charge on any atom is -0.496 e. The van der Waals surface area contributed by atoms with Gasteiger partial charge in [0.15, 0.2) is 0 Å². The third kappa shape index (κ3) is 4.08. The summed E-state index contributed by atoms with van der Waals surface area (Å²) in [5.41, 5.74) is 2.99. The zero-order valence-electron chi connectivity index (χ0n) is 13.0. The molecule has 2 rings (SSSR count). The Bertz CT molecular complexity index is 613. The van der Waals surface area contributed by atoms with Crippen LogP contribution in [0, 0.1) is 13.8 Å². The number of aromatic nitrogens is 2. The molecule has 2 aromatic rings. The second kappa shape index (κ2) is 6.92. The zero-order chi connectivity index (χ0) is 15.2. The molecule has 2 N–H and O–H groups in total. The van der Waals surface area contributed by atoms with Crippen LogP contribution < -0.4 is 15.4 Å². The van der Waals surface area contributed by atoms with Gasteiger partial charge < -0.3 is 15.4 Å². The molecule has 0 saturated heterocycles. The molecule has 0 saturated carbocycles. The van der Waals surface area contributed by atoms with Crippen molar-refractivity contribution in [3.63, 3.8) is 0 Å². The Morgan fingerprint density at radius 1 is 1.14 bits per heavy atom. The molecule has 21 heavy (non-hydrogen) atoms. The van der Waals surface area contributed by atoms with E-state index in [-0.39, 0.29) is 0 Å². The van der Waals surface area contributed by atoms with Gasteiger partial charge in [0, 0.05) is 24.0 Å². The van der Waals surface area contributed by atoms with E-state index in [0.717, 1.165) is 41.5 Å². The van der Waals surface area contributed by atoms with Crippen molar-refractivity contribution in [3.05, 3.63) is 35.5 Å². The maximum absolute atomic E-state index is 5.27. The number of nitrogens with zero attached hydrogens (tertiary/aromatic N) is 2. The summed E-state index contributed by atoms with van der Waals surface area (Å²) in [6, 6.07) is 7.89. The van der Waals surface area contributed by atoms with Crippen molar-refractivity contribution < 1.29 is 4.74 Å². The number of rotatable bonds is 6. The first-order chi connectivity index (χ1) is 10.1. The van der Waals surface area contributed by atoms with Crippen LogP contribution in [-0.4, -0.2) is 23.6 Å². The van der Waals surface area contributed by atoms with Crippen LogP contribution >= 0.6 is 0 Å². The minimum atomic E-state index is 0.657. The molecule has 112 valence electrons. The number of hydrogen-bond acceptors (Lipinski definition) is 5. The first-order valence-electron chi connectivity index (χ1n) is 7.13. The summed E-state index contributed by atoms with van der Waals surface area (Å²) in [7, 11) is 1.68. The number of ether oxygens (including phenoxy) is 1. The summed E-state index contributed by atoms with van der Waals surface area (Å²) in [5, 5.41) is 6.52. The smallest absolute Gasteiger partial charge is 0.224 e. The number of aryl methyl sites for hydroxylation is 2. The molecule has 0 aliphatic carbocycles. The predicted molar refractivity (Wildman–Crippen MR) is 86.6 cm³/mol. The molecule has 5 nitrogen and oxygen atoms in total. The normalized spacial score (nSPS) is 10.3. The number of methoxy groups -OCH3 is 1. The van der Waals surface area contributed by atoms with Crippen LogP contribution in [-0.2, 0) is 0 Å². The minimum absolute atomic E-state index is 0.657. The van der Waals surface area contributed by atoms with Gasteiger partial charge in [-0.1, -0.05) is 6.92 Å². The van der Waals surface area contributed by atoms with E-state index in [1.807, 2.05) is 38.1 Å². The largest absolute Gasteiger partial charge is 0.496 e. The van der Waals surface area contributed by atoms with Crippen molar-refractivity contribution in [1.29, 1.82) is 0 Å². The van der Waals surface area contributed by atoms with Crippen molar-refractivity contribution in [3.8, 4) is 5.75 Å². The molecule has 0 fully saturated rings. The van der Waals surface area contributed by atoms with E-state index in [2.05, 4.69) is 27.5 Å². The Labute approximate surface area is 125 Å². The van der Waals surface area contributed by atoms with Gasteiger partial charge in [-0.2, -0.15) is 4.98 Å². The fourth-order valence-corrected chi connectivity index (χ4v) is 2.05. The maximum Gasteiger partial charge on any atom is 0.224 e. The van der Waals surface area contributed by atoms with E-state index in [0.29, 0.717) is 5.95 Å². The van der Waals surface area contributed by atoms with Crippen LogP contribution in [0.2, 0.25) is 0 Å². The van der Waals surface area contributed by atoms with Gasteiger partial charge in [0.2, 0.25) is 5.95 Å². The van der Waals surface area contributed by atoms with Crippen LogP contribution in [0.1, 0.15) is 24.6 Å². The molecular weight excluding hydrogens is 264 g/mol. The highest BCUT2D eigenvalue weighted by molar-refractivity contribution is 5.60. The molecule has 0 unspecified atom stereocenters. The Hall–Kier alpha value is -2.30. The van der Waals surface area contributed by atoms with E-state index >= 15 is 0 Å². The number of hydrogen-bond donors (Lipinski definition) is 2. The Morgan fingerprint density at radius 3 is 2.62 bits per heavy atom. The molecule has 0 bridgehead atoms. The van der Waals surface area contributed by atoms with Gasteiger partial charge in [-0.15, -0.1) is 0 Å². The highest BCUT2D eigenvalue weighted by Crippen LogP contribution is 2.24. The summed E-state index contributed by atoms with van der Waals surface area (Å²) in [4.78, 5) is 8.85. The lowest BCUT2D eigenvalue weighted by Gasteiger charge is -2.11. The molecule has 0 spiro atoms. The molecule has 0 aliphatic rings. The first-order valence-corrected chi connectivity index (χ1v) is 7.13. The second-order valence-electron chi connectivity index (χ2n) is 4.95. The van der Waals surface area contributed by atoms with Gasteiger partial charge in [0.25, 0.3) is 0 Å². The van der Waals surface area contributed by atoms with E-state index < -0.39 is 0 Å². The van der Waals surface area contributed by atoms with Gasteiger partial charge in [0.05, 0.1) is 7.11 Å². The fourth-order valence-electron chi connectivity index (χ4n) is 2.05. The molecule has 0 atom stereocenters. The Morgan fingerprint density at radius 2 is 1.95 bits per heavy atom. The molecule has 5 heteroatoms. The van der Waals surface area contributed by atoms with E-state index in [4.69, 9.17) is 4.74 Å². The second-order valence-corrected chi connectivity index (χ2v) is 4.95. The van der Waals surface area contributed by atoms with Crippen molar-refractivity contribution >= 4 is 17.5 Å². The van der Waals surface area contributed by atoms with Crippen LogP contribution in [0.25, 0.3) is 0 Å². The van der Waals surface area contributed by atoms with Gasteiger partial charge in [-0.3, -0.25) is 0 Å². The number of benzene rings is 1. The third-order valence-corrected chi connectivity index (χ3v) is 3.05. The fraction of sp³-hybridized carbons (Fsp3) is 0.375. The molecule has 1 aromatic carbocycles. The summed E-state index contributed by atoms with van der Waals surface area (Å²) >= 11 is 0. The van der Waals surface area contributed by atoms with Crippen LogP contribution in [0.3, 0.4) is 0 Å². The van der Waals surface area contributed by atoms with Gasteiger partial charge in [-0.25, -0.2) is 4.98 Å². The molecule has 1 aromatic heterocycles. The third-order valence-electron chi connectivity index (χ3n) is 3.05. The first kappa shape index (κ1) is 15.1. The maximum atomic E-state index is 5.27. The highest BCUT2D eigenvalue weighted by Gasteiger charge is 2.04. The van der Waals surface area contributed by atoms with E-state index in [9.17, 15) is 0 Å². The van der Waals surface area contributed by atoms with Gasteiger partial charge >= 0.3 is 0 Å². The standard InChI is InChI=1S/C16H22N4O/c1-5-8-17-16-18-12(3)10-15(20-16)19-13-6-7-14(21-4)11(2)9-13/h6-7,9-10H,5,8H2,1-4H3,(H2,17,18,19,20). The quantitative estimate of drug-likeness (QED) is 0.848. The Kier molecular flexibility index (Phi) is 4.98. The molecular formula is C16H22N4O. The van der Waals surface area contributed by atoms with Crippen molar-refractivity contribution in [2.45, 2.75) is 27.2 Å². The zero-order valence-corrected chi connectivity index (χ0v) is 13.0. The molecule has 0 amide bonds. The van der Waals surface area contributed by atoms with Crippen LogP contribution in [0.15, 0.2) is 24.3 Å². The topological polar surface area (TPSA) is 59.1 Å². The summed E-state index contributed by atoms with van der Waals surface area (Å²) in [6.07, 6.45) is 1.04. The highest BCUT2D eigenvalue weighted by atomic mass is 16.5. The Balaban J connectivity index is 2.18. The molecule has 0 aliphatic heterocycles. The number of nitrogens with one attached hydrogen (secondary N) is 2. The number of anilines is 3. The molecule has 0 radical (unpaired) electrons. The molecule has 1 heterocycles. The predicted octanol–water partition coefficient (Wildman–Crippen LogP) is 3.67. The van der Waals surface area contributed by atoms with E-state index in [1.165, 1.54) is 0 Å². The summed E-state index contributed by atoms with van der Waals surface area (Å²) in [5.74, 6) is 2.32. The van der Waals surface area contributed by atoms with Gasteiger partial charge in [-0.05, 0) is 44.0 Å². The monoisotopic (exact) mass is 286 g/mol. The van der Waals surface area contributed by atoms with Crippen molar-refractivity contribution in [2.24, 2.45) is 0 Å². The van der Waals surface area contributed by atoms with Gasteiger partial charge in [0.1, 0.15) is 11.6 Å². The lowest BCUT2D eigenvalue weighted by molar-refractivity contribution is 0.412. The van der Waals surface area contributed by atoms with Crippen molar-refractivity contribution in [2.75, 3.05) is 24.3 Å².